The Kier molecular flexibility index (Phi) is 7.95. The van der Waals surface area contributed by atoms with Gasteiger partial charge in [0.1, 0.15) is 35.7 Å². The maximum atomic E-state index is 14.7. The van der Waals surface area contributed by atoms with E-state index in [9.17, 15) is 18.3 Å². The lowest BCUT2D eigenvalue weighted by atomic mass is 9.90. The Morgan fingerprint density at radius 3 is 2.60 bits per heavy atom. The summed E-state index contributed by atoms with van der Waals surface area (Å²) in [5.74, 6) is -1.89. The quantitative estimate of drug-likeness (QED) is 0.487. The van der Waals surface area contributed by atoms with Crippen LogP contribution in [-0.2, 0) is 21.6 Å². The Morgan fingerprint density at radius 1 is 1.17 bits per heavy atom. The number of aromatic nitrogens is 3. The Balaban J connectivity index is 1.42. The highest BCUT2D eigenvalue weighted by atomic mass is 32.2. The van der Waals surface area contributed by atoms with Crippen LogP contribution in [-0.4, -0.2) is 49.9 Å². The highest BCUT2D eigenvalue weighted by molar-refractivity contribution is 8.00. The predicted octanol–water partition coefficient (Wildman–Crippen LogP) is 4.47. The Hall–Kier alpha value is -2.66. The van der Waals surface area contributed by atoms with Crippen LogP contribution in [0.2, 0.25) is 0 Å². The van der Waals surface area contributed by atoms with E-state index < -0.39 is 28.8 Å². The Bertz CT molecular complexity index is 1170. The molecule has 1 aromatic heterocycles. The number of hydrogen-bond donors (Lipinski definition) is 1. The van der Waals surface area contributed by atoms with Crippen molar-refractivity contribution in [2.24, 2.45) is 0 Å². The molecule has 0 bridgehead atoms. The molecular weight excluding hydrogens is 479 g/mol. The summed E-state index contributed by atoms with van der Waals surface area (Å²) in [5.41, 5.74) is -0.473. The van der Waals surface area contributed by atoms with Crippen LogP contribution in [0.4, 0.5) is 13.2 Å². The van der Waals surface area contributed by atoms with Crippen LogP contribution in [0.1, 0.15) is 23.6 Å². The summed E-state index contributed by atoms with van der Waals surface area (Å²) in [4.78, 5) is 3.88. The van der Waals surface area contributed by atoms with Crippen LogP contribution in [0.15, 0.2) is 55.1 Å². The van der Waals surface area contributed by atoms with Crippen molar-refractivity contribution in [2.45, 2.75) is 42.8 Å². The molecule has 2 heterocycles. The number of ether oxygens (including phenoxy) is 2. The Morgan fingerprint density at radius 2 is 1.94 bits per heavy atom. The van der Waals surface area contributed by atoms with Gasteiger partial charge in [-0.2, -0.15) is 5.10 Å². The van der Waals surface area contributed by atoms with Gasteiger partial charge in [-0.3, -0.25) is 0 Å². The highest BCUT2D eigenvalue weighted by Gasteiger charge is 2.41. The monoisotopic (exact) mass is 505 g/mol. The molecule has 2 aromatic carbocycles. The van der Waals surface area contributed by atoms with E-state index in [0.29, 0.717) is 18.8 Å². The van der Waals surface area contributed by atoms with Crippen LogP contribution in [0.3, 0.4) is 0 Å². The smallest absolute Gasteiger partial charge is 0.177 e. The van der Waals surface area contributed by atoms with Crippen molar-refractivity contribution in [1.29, 1.82) is 0 Å². The van der Waals surface area contributed by atoms with Crippen molar-refractivity contribution >= 4 is 17.8 Å². The van der Waals surface area contributed by atoms with Gasteiger partial charge in [-0.25, -0.2) is 22.8 Å². The Labute approximate surface area is 205 Å². The molecule has 0 amide bonds. The van der Waals surface area contributed by atoms with Crippen molar-refractivity contribution < 1.29 is 27.8 Å². The van der Waals surface area contributed by atoms with Crippen molar-refractivity contribution in [2.75, 3.05) is 13.2 Å². The summed E-state index contributed by atoms with van der Waals surface area (Å²) in [7, 11) is 0. The molecular formula is C25H26F3N3O3S. The van der Waals surface area contributed by atoms with Gasteiger partial charge in [0.2, 0.25) is 0 Å². The molecule has 2 atom stereocenters. The van der Waals surface area contributed by atoms with Gasteiger partial charge < -0.3 is 14.6 Å². The summed E-state index contributed by atoms with van der Waals surface area (Å²) >= 11 is 1.37. The molecule has 0 spiro atoms. The third kappa shape index (κ3) is 6.13. The second-order valence-corrected chi connectivity index (χ2v) is 10.1. The van der Waals surface area contributed by atoms with Gasteiger partial charge in [-0.05, 0) is 30.7 Å². The SMILES string of the molecule is Cc1ccc(/C=C/C2OCC(S[C@H](C)[C@](O)(Cn3cncn3)c3ccc(F)cc3F)CO2)c(F)c1. The van der Waals surface area contributed by atoms with Crippen molar-refractivity contribution in [3.63, 3.8) is 0 Å². The summed E-state index contributed by atoms with van der Waals surface area (Å²) in [5, 5.41) is 15.0. The predicted molar refractivity (Wildman–Crippen MR) is 127 cm³/mol. The van der Waals surface area contributed by atoms with Crippen LogP contribution in [0.25, 0.3) is 6.08 Å². The van der Waals surface area contributed by atoms with Crippen molar-refractivity contribution in [3.05, 3.63) is 89.3 Å². The molecule has 3 aromatic rings. The zero-order chi connectivity index (χ0) is 25.0. The number of aryl methyl sites for hydroxylation is 1. The molecule has 10 heteroatoms. The minimum atomic E-state index is -1.71. The van der Waals surface area contributed by atoms with Crippen LogP contribution < -0.4 is 0 Å². The summed E-state index contributed by atoms with van der Waals surface area (Å²) in [6, 6.07) is 8.08. The zero-order valence-electron chi connectivity index (χ0n) is 19.3. The van der Waals surface area contributed by atoms with Crippen molar-refractivity contribution in [3.8, 4) is 0 Å². The number of aliphatic hydroxyl groups is 1. The largest absolute Gasteiger partial charge is 0.382 e. The van der Waals surface area contributed by atoms with Gasteiger partial charge >= 0.3 is 0 Å². The summed E-state index contributed by atoms with van der Waals surface area (Å²) in [6.07, 6.45) is 5.37. The average molecular weight is 506 g/mol. The van der Waals surface area contributed by atoms with E-state index in [0.717, 1.165) is 17.7 Å². The van der Waals surface area contributed by atoms with Crippen LogP contribution >= 0.6 is 11.8 Å². The van der Waals surface area contributed by atoms with Gasteiger partial charge in [0.25, 0.3) is 0 Å². The molecule has 186 valence electrons. The van der Waals surface area contributed by atoms with Gasteiger partial charge in [-0.15, -0.1) is 11.8 Å². The maximum absolute atomic E-state index is 14.7. The van der Waals surface area contributed by atoms with Gasteiger partial charge in [0.15, 0.2) is 6.29 Å². The molecule has 0 saturated carbocycles. The van der Waals surface area contributed by atoms with Gasteiger partial charge in [-0.1, -0.05) is 31.2 Å². The lowest BCUT2D eigenvalue weighted by molar-refractivity contribution is -0.146. The fourth-order valence-electron chi connectivity index (χ4n) is 3.88. The third-order valence-electron chi connectivity index (χ3n) is 5.82. The number of halogens is 3. The fourth-order valence-corrected chi connectivity index (χ4v) is 5.19. The van der Waals surface area contributed by atoms with E-state index in [-0.39, 0.29) is 23.2 Å². The summed E-state index contributed by atoms with van der Waals surface area (Å²) in [6.45, 7) is 4.12. The van der Waals surface area contributed by atoms with Gasteiger partial charge in [0.05, 0.1) is 25.0 Å². The first-order valence-corrected chi connectivity index (χ1v) is 12.0. The molecule has 0 unspecified atom stereocenters. The third-order valence-corrected chi connectivity index (χ3v) is 7.27. The van der Waals surface area contributed by atoms with E-state index in [2.05, 4.69) is 10.1 Å². The van der Waals surface area contributed by atoms with E-state index in [4.69, 9.17) is 9.47 Å². The number of hydrogen-bond acceptors (Lipinski definition) is 6. The first kappa shape index (κ1) is 25.4. The molecule has 1 saturated heterocycles. The number of rotatable bonds is 8. The molecule has 0 aliphatic carbocycles. The lowest BCUT2D eigenvalue weighted by Crippen LogP contribution is -2.43. The van der Waals surface area contributed by atoms with E-state index in [1.54, 1.807) is 25.1 Å². The molecule has 35 heavy (non-hydrogen) atoms. The molecule has 0 radical (unpaired) electrons. The molecule has 1 aliphatic heterocycles. The maximum Gasteiger partial charge on any atom is 0.177 e. The molecule has 1 aliphatic rings. The fraction of sp³-hybridized carbons (Fsp3) is 0.360. The van der Waals surface area contributed by atoms with Crippen LogP contribution in [0.5, 0.6) is 0 Å². The number of nitrogens with zero attached hydrogens (tertiary/aromatic N) is 3. The van der Waals surface area contributed by atoms with E-state index in [1.165, 1.54) is 41.2 Å². The first-order chi connectivity index (χ1) is 16.7. The van der Waals surface area contributed by atoms with Crippen molar-refractivity contribution in [1.82, 2.24) is 14.8 Å². The standard InChI is InChI=1S/C25H26F3N3O3S/c1-16-3-4-18(22(27)9-16)5-8-24-33-11-20(12-34-24)35-17(2)25(32,13-31-15-29-14-30-31)21-7-6-19(26)10-23(21)28/h3-10,14-15,17,20,24,32H,11-13H2,1-2H3/b8-5+/t17-,20?,24?,25-/m1/s1. The minimum absolute atomic E-state index is 0.0343. The number of benzene rings is 2. The lowest BCUT2D eigenvalue weighted by Gasteiger charge is -2.37. The van der Waals surface area contributed by atoms with Gasteiger partial charge in [0, 0.05) is 22.4 Å². The molecule has 1 N–H and O–H groups in total. The average Bonchev–Trinajstić information content (AvgIpc) is 3.32. The highest BCUT2D eigenvalue weighted by Crippen LogP contribution is 2.38. The zero-order valence-corrected chi connectivity index (χ0v) is 20.1. The second-order valence-electron chi connectivity index (χ2n) is 8.46. The topological polar surface area (TPSA) is 69.4 Å². The molecule has 6 nitrogen and oxygen atoms in total. The second kappa shape index (κ2) is 10.9. The first-order valence-electron chi connectivity index (χ1n) is 11.1. The minimum Gasteiger partial charge on any atom is -0.382 e. The molecule has 4 rings (SSSR count). The number of thioether (sulfide) groups is 1. The molecule has 1 fully saturated rings. The summed E-state index contributed by atoms with van der Waals surface area (Å²) < 4.78 is 55.2. The van der Waals surface area contributed by atoms with E-state index >= 15 is 0 Å². The normalized spacial score (nSPS) is 21.2. The van der Waals surface area contributed by atoms with E-state index in [1.807, 2.05) is 13.0 Å². The van der Waals surface area contributed by atoms with Crippen LogP contribution in [0, 0.1) is 24.4 Å².